The minimum atomic E-state index is -0.329. The van der Waals surface area contributed by atoms with Crippen molar-refractivity contribution in [1.29, 1.82) is 0 Å². The number of nitrogens with one attached hydrogen (secondary N) is 1. The van der Waals surface area contributed by atoms with Crippen molar-refractivity contribution in [3.8, 4) is 0 Å². The van der Waals surface area contributed by atoms with Gasteiger partial charge in [0.25, 0.3) is 6.01 Å². The van der Waals surface area contributed by atoms with Gasteiger partial charge in [-0.05, 0) is 38.0 Å². The standard InChI is InChI=1S/C18H19N5O2/c1-12-19-9-8-13(20-12)11-23-10-4-6-15(17(23)24)22-18-21-14-5-2-3-7-16(14)25-18/h2-3,5,7-9,15H,4,6,10-11H2,1H3,(H,21,22). The molecule has 0 radical (unpaired) electrons. The third-order valence-electron chi connectivity index (χ3n) is 4.31. The summed E-state index contributed by atoms with van der Waals surface area (Å²) in [7, 11) is 0. The van der Waals surface area contributed by atoms with Crippen molar-refractivity contribution in [3.05, 3.63) is 48.0 Å². The van der Waals surface area contributed by atoms with E-state index < -0.39 is 0 Å². The second-order valence-corrected chi connectivity index (χ2v) is 6.18. The number of benzene rings is 1. The van der Waals surface area contributed by atoms with E-state index in [1.807, 2.05) is 42.2 Å². The van der Waals surface area contributed by atoms with Crippen LogP contribution in [0.4, 0.5) is 6.01 Å². The summed E-state index contributed by atoms with van der Waals surface area (Å²) in [5, 5.41) is 3.15. The highest BCUT2D eigenvalue weighted by atomic mass is 16.4. The lowest BCUT2D eigenvalue weighted by Gasteiger charge is -2.32. The van der Waals surface area contributed by atoms with Gasteiger partial charge < -0.3 is 14.6 Å². The van der Waals surface area contributed by atoms with Crippen molar-refractivity contribution in [1.82, 2.24) is 19.9 Å². The number of likely N-dealkylation sites (tertiary alicyclic amines) is 1. The fraction of sp³-hybridized carbons (Fsp3) is 0.333. The number of nitrogens with zero attached hydrogens (tertiary/aromatic N) is 4. The number of oxazole rings is 1. The maximum atomic E-state index is 12.8. The Morgan fingerprint density at radius 1 is 1.28 bits per heavy atom. The topological polar surface area (TPSA) is 84.2 Å². The molecule has 0 spiro atoms. The molecular formula is C18H19N5O2. The zero-order valence-corrected chi connectivity index (χ0v) is 14.0. The highest BCUT2D eigenvalue weighted by Gasteiger charge is 2.30. The molecule has 0 saturated carbocycles. The van der Waals surface area contributed by atoms with E-state index in [-0.39, 0.29) is 11.9 Å². The van der Waals surface area contributed by atoms with E-state index in [9.17, 15) is 4.79 Å². The molecule has 128 valence electrons. The number of piperidine rings is 1. The third-order valence-corrected chi connectivity index (χ3v) is 4.31. The summed E-state index contributed by atoms with van der Waals surface area (Å²) in [5.41, 5.74) is 2.34. The van der Waals surface area contributed by atoms with Gasteiger partial charge in [-0.3, -0.25) is 4.79 Å². The summed E-state index contributed by atoms with van der Waals surface area (Å²) in [4.78, 5) is 27.5. The van der Waals surface area contributed by atoms with Gasteiger partial charge in [-0.25, -0.2) is 9.97 Å². The van der Waals surface area contributed by atoms with Crippen LogP contribution < -0.4 is 5.32 Å². The number of fused-ring (bicyclic) bond motifs is 1. The molecule has 1 aliphatic rings. The summed E-state index contributed by atoms with van der Waals surface area (Å²) in [6.07, 6.45) is 3.41. The predicted molar refractivity (Wildman–Crippen MR) is 92.8 cm³/mol. The van der Waals surface area contributed by atoms with Crippen LogP contribution in [-0.4, -0.2) is 38.3 Å². The average Bonchev–Trinajstić information content (AvgIpc) is 3.01. The SMILES string of the molecule is Cc1nccc(CN2CCCC(Nc3nc4ccccc4o3)C2=O)n1. The number of amides is 1. The number of carbonyl (C=O) groups excluding carboxylic acids is 1. The number of anilines is 1. The normalized spacial score (nSPS) is 17.9. The molecule has 0 aliphatic carbocycles. The molecular weight excluding hydrogens is 318 g/mol. The fourth-order valence-corrected chi connectivity index (χ4v) is 3.10. The van der Waals surface area contributed by atoms with Crippen LogP contribution in [0, 0.1) is 6.92 Å². The van der Waals surface area contributed by atoms with Crippen LogP contribution in [0.2, 0.25) is 0 Å². The molecule has 3 heterocycles. The summed E-state index contributed by atoms with van der Waals surface area (Å²) in [6, 6.07) is 9.46. The molecule has 2 aromatic heterocycles. The molecule has 1 atom stereocenters. The molecule has 4 rings (SSSR count). The molecule has 7 nitrogen and oxygen atoms in total. The van der Waals surface area contributed by atoms with Gasteiger partial charge in [0.15, 0.2) is 5.58 Å². The fourth-order valence-electron chi connectivity index (χ4n) is 3.10. The van der Waals surface area contributed by atoms with E-state index in [0.29, 0.717) is 24.0 Å². The molecule has 1 unspecified atom stereocenters. The Bertz CT molecular complexity index is 874. The predicted octanol–water partition coefficient (Wildman–Crippen LogP) is 2.53. The highest BCUT2D eigenvalue weighted by Crippen LogP contribution is 2.22. The minimum absolute atomic E-state index is 0.0461. The lowest BCUT2D eigenvalue weighted by atomic mass is 10.0. The smallest absolute Gasteiger partial charge is 0.296 e. The summed E-state index contributed by atoms with van der Waals surface area (Å²) in [6.45, 7) is 3.07. The second-order valence-electron chi connectivity index (χ2n) is 6.18. The Morgan fingerprint density at radius 2 is 2.16 bits per heavy atom. The molecule has 1 saturated heterocycles. The summed E-state index contributed by atoms with van der Waals surface area (Å²) >= 11 is 0. The largest absolute Gasteiger partial charge is 0.424 e. The van der Waals surface area contributed by atoms with E-state index in [1.165, 1.54) is 0 Å². The number of hydrogen-bond donors (Lipinski definition) is 1. The van der Waals surface area contributed by atoms with E-state index in [2.05, 4.69) is 20.3 Å². The molecule has 1 aliphatic heterocycles. The summed E-state index contributed by atoms with van der Waals surface area (Å²) in [5.74, 6) is 0.757. The van der Waals surface area contributed by atoms with E-state index in [4.69, 9.17) is 4.42 Å². The third kappa shape index (κ3) is 3.31. The molecule has 1 aromatic carbocycles. The Morgan fingerprint density at radius 3 is 3.00 bits per heavy atom. The van der Waals surface area contributed by atoms with Gasteiger partial charge >= 0.3 is 0 Å². The van der Waals surface area contributed by atoms with Crippen molar-refractivity contribution in [2.24, 2.45) is 0 Å². The molecule has 1 amide bonds. The number of aromatic nitrogens is 3. The molecule has 1 N–H and O–H groups in total. The van der Waals surface area contributed by atoms with Crippen LogP contribution in [0.25, 0.3) is 11.1 Å². The van der Waals surface area contributed by atoms with Crippen LogP contribution in [0.3, 0.4) is 0 Å². The Hall–Kier alpha value is -2.96. The van der Waals surface area contributed by atoms with E-state index in [1.54, 1.807) is 6.20 Å². The monoisotopic (exact) mass is 337 g/mol. The zero-order valence-electron chi connectivity index (χ0n) is 14.0. The lowest BCUT2D eigenvalue weighted by molar-refractivity contribution is -0.135. The number of para-hydroxylation sites is 2. The molecule has 3 aromatic rings. The summed E-state index contributed by atoms with van der Waals surface area (Å²) < 4.78 is 5.67. The minimum Gasteiger partial charge on any atom is -0.424 e. The molecule has 7 heteroatoms. The molecule has 25 heavy (non-hydrogen) atoms. The molecule has 0 bridgehead atoms. The Kier molecular flexibility index (Phi) is 4.05. The van der Waals surface area contributed by atoms with E-state index in [0.717, 1.165) is 30.6 Å². The highest BCUT2D eigenvalue weighted by molar-refractivity contribution is 5.85. The van der Waals surface area contributed by atoms with Crippen LogP contribution >= 0.6 is 0 Å². The Labute approximate surface area is 145 Å². The first kappa shape index (κ1) is 15.6. The average molecular weight is 337 g/mol. The van der Waals surface area contributed by atoms with Crippen LogP contribution in [0.5, 0.6) is 0 Å². The number of aryl methyl sites for hydroxylation is 1. The number of rotatable bonds is 4. The van der Waals surface area contributed by atoms with Crippen molar-refractivity contribution < 1.29 is 9.21 Å². The van der Waals surface area contributed by atoms with Crippen LogP contribution in [0.15, 0.2) is 40.9 Å². The van der Waals surface area contributed by atoms with Gasteiger partial charge in [0, 0.05) is 12.7 Å². The van der Waals surface area contributed by atoms with Gasteiger partial charge in [0.1, 0.15) is 17.4 Å². The van der Waals surface area contributed by atoms with Crippen molar-refractivity contribution in [2.75, 3.05) is 11.9 Å². The van der Waals surface area contributed by atoms with Gasteiger partial charge in [-0.15, -0.1) is 0 Å². The number of hydrogen-bond acceptors (Lipinski definition) is 6. The second kappa shape index (κ2) is 6.51. The van der Waals surface area contributed by atoms with Crippen molar-refractivity contribution in [2.45, 2.75) is 32.4 Å². The lowest BCUT2D eigenvalue weighted by Crippen LogP contribution is -2.47. The van der Waals surface area contributed by atoms with Crippen LogP contribution in [0.1, 0.15) is 24.4 Å². The maximum Gasteiger partial charge on any atom is 0.296 e. The Balaban J connectivity index is 1.47. The van der Waals surface area contributed by atoms with Crippen molar-refractivity contribution >= 4 is 23.0 Å². The number of carbonyl (C=O) groups is 1. The first-order valence-electron chi connectivity index (χ1n) is 8.38. The van der Waals surface area contributed by atoms with Gasteiger partial charge in [0.2, 0.25) is 5.91 Å². The van der Waals surface area contributed by atoms with Gasteiger partial charge in [-0.2, -0.15) is 4.98 Å². The van der Waals surface area contributed by atoms with Crippen LogP contribution in [-0.2, 0) is 11.3 Å². The van der Waals surface area contributed by atoms with E-state index >= 15 is 0 Å². The molecule has 1 fully saturated rings. The van der Waals surface area contributed by atoms with Gasteiger partial charge in [-0.1, -0.05) is 12.1 Å². The first-order valence-corrected chi connectivity index (χ1v) is 8.38. The quantitative estimate of drug-likeness (QED) is 0.787. The maximum absolute atomic E-state index is 12.8. The van der Waals surface area contributed by atoms with Crippen molar-refractivity contribution in [3.63, 3.8) is 0 Å². The first-order chi connectivity index (χ1) is 12.2. The van der Waals surface area contributed by atoms with Gasteiger partial charge in [0.05, 0.1) is 12.2 Å². The zero-order chi connectivity index (χ0) is 17.2.